The zero-order valence-electron chi connectivity index (χ0n) is 6.50. The van der Waals surface area contributed by atoms with Crippen LogP contribution in [0.2, 0.25) is 0 Å². The molecule has 0 radical (unpaired) electrons. The molecule has 0 fully saturated rings. The fourth-order valence-corrected chi connectivity index (χ4v) is 0.589. The molecule has 0 aliphatic heterocycles. The van der Waals surface area contributed by atoms with E-state index in [2.05, 4.69) is 4.98 Å². The minimum absolute atomic E-state index is 0. The van der Waals surface area contributed by atoms with E-state index in [0.29, 0.717) is 0 Å². The highest BCUT2D eigenvalue weighted by Crippen LogP contribution is 1.96. The normalized spacial score (nSPS) is 8.45. The summed E-state index contributed by atoms with van der Waals surface area (Å²) in [7, 11) is 0. The summed E-state index contributed by atoms with van der Waals surface area (Å²) in [5.74, 6) is -1.19. The molecule has 0 atom stereocenters. The maximum Gasteiger partial charge on any atom is 0.0730 e. The first-order valence-corrected chi connectivity index (χ1v) is 2.84. The summed E-state index contributed by atoms with van der Waals surface area (Å²) in [4.78, 5) is 13.9. The number of carboxylic acid groups (broad SMARTS) is 1. The van der Waals surface area contributed by atoms with Gasteiger partial charge >= 0.3 is 0 Å². The molecule has 4 heteroatoms. The van der Waals surface area contributed by atoms with Crippen molar-refractivity contribution in [1.82, 2.24) is 11.1 Å². The van der Waals surface area contributed by atoms with Crippen molar-refractivity contribution in [3.8, 4) is 0 Å². The third-order valence-electron chi connectivity index (χ3n) is 1.15. The molecule has 0 aromatic carbocycles. The quantitative estimate of drug-likeness (QED) is 0.623. The number of nitrogens with zero attached hydrogens (tertiary/aromatic N) is 1. The van der Waals surface area contributed by atoms with Crippen molar-refractivity contribution in [2.24, 2.45) is 0 Å². The second kappa shape index (κ2) is 3.68. The van der Waals surface area contributed by atoms with Crippen molar-refractivity contribution in [3.63, 3.8) is 0 Å². The topological polar surface area (TPSA) is 89.5 Å². The minimum Gasteiger partial charge on any atom is -0.545 e. The van der Waals surface area contributed by atoms with Crippen LogP contribution in [0.3, 0.4) is 0 Å². The molecule has 4 nitrogen and oxygen atoms in total. The fourth-order valence-electron chi connectivity index (χ4n) is 0.589. The highest BCUT2D eigenvalue weighted by molar-refractivity contribution is 5.85. The van der Waals surface area contributed by atoms with Crippen molar-refractivity contribution >= 4 is 5.97 Å². The minimum atomic E-state index is -1.19. The molecule has 0 amide bonds. The van der Waals surface area contributed by atoms with Gasteiger partial charge in [-0.1, -0.05) is 0 Å². The van der Waals surface area contributed by atoms with Gasteiger partial charge in [-0.05, 0) is 19.1 Å². The summed E-state index contributed by atoms with van der Waals surface area (Å²) >= 11 is 0. The van der Waals surface area contributed by atoms with Gasteiger partial charge in [0.1, 0.15) is 0 Å². The van der Waals surface area contributed by atoms with Gasteiger partial charge in [0.15, 0.2) is 0 Å². The average molecular weight is 154 g/mol. The molecule has 0 spiro atoms. The van der Waals surface area contributed by atoms with E-state index in [1.165, 1.54) is 12.3 Å². The molecular formula is C7H10N2O2. The van der Waals surface area contributed by atoms with Crippen molar-refractivity contribution < 1.29 is 9.90 Å². The second-order valence-corrected chi connectivity index (χ2v) is 1.98. The number of aromatic nitrogens is 1. The molecule has 0 aliphatic carbocycles. The number of aromatic carboxylic acids is 1. The van der Waals surface area contributed by atoms with Gasteiger partial charge in [0, 0.05) is 17.5 Å². The van der Waals surface area contributed by atoms with Gasteiger partial charge in [0.05, 0.1) is 5.97 Å². The van der Waals surface area contributed by atoms with Crippen LogP contribution in [0.15, 0.2) is 18.3 Å². The van der Waals surface area contributed by atoms with E-state index in [-0.39, 0.29) is 11.7 Å². The third-order valence-corrected chi connectivity index (χ3v) is 1.15. The zero-order chi connectivity index (χ0) is 7.56. The maximum atomic E-state index is 10.2. The highest BCUT2D eigenvalue weighted by atomic mass is 16.4. The zero-order valence-corrected chi connectivity index (χ0v) is 6.50. The Labute approximate surface area is 64.5 Å². The Morgan fingerprint density at radius 1 is 1.55 bits per heavy atom. The number of pyridine rings is 1. The number of rotatable bonds is 1. The van der Waals surface area contributed by atoms with Crippen molar-refractivity contribution in [1.29, 1.82) is 0 Å². The van der Waals surface area contributed by atoms with Crippen LogP contribution in [-0.2, 0) is 0 Å². The predicted molar refractivity (Wildman–Crippen MR) is 39.3 cm³/mol. The molecule has 0 aliphatic rings. The molecule has 1 rings (SSSR count). The van der Waals surface area contributed by atoms with E-state index < -0.39 is 5.97 Å². The average Bonchev–Trinajstić information content (AvgIpc) is 1.88. The lowest BCUT2D eigenvalue weighted by molar-refractivity contribution is -0.255. The second-order valence-electron chi connectivity index (χ2n) is 1.98. The van der Waals surface area contributed by atoms with Gasteiger partial charge in [-0.15, -0.1) is 0 Å². The van der Waals surface area contributed by atoms with Gasteiger partial charge in [0.25, 0.3) is 0 Å². The molecule has 60 valence electrons. The lowest BCUT2D eigenvalue weighted by Gasteiger charge is -1.99. The Hall–Kier alpha value is -1.42. The van der Waals surface area contributed by atoms with E-state index in [1.807, 2.05) is 0 Å². The van der Waals surface area contributed by atoms with Crippen LogP contribution < -0.4 is 11.3 Å². The fraction of sp³-hybridized carbons (Fsp3) is 0.143. The lowest BCUT2D eigenvalue weighted by atomic mass is 10.3. The SMILES string of the molecule is Cc1ccc(C(=O)[O-])cn1.[NH4+]. The molecular weight excluding hydrogens is 144 g/mol. The van der Waals surface area contributed by atoms with Gasteiger partial charge < -0.3 is 16.1 Å². The number of carboxylic acids is 1. The first kappa shape index (κ1) is 9.58. The lowest BCUT2D eigenvalue weighted by Crippen LogP contribution is -2.22. The Kier molecular flexibility index (Phi) is 3.20. The molecule has 0 unspecified atom stereocenters. The summed E-state index contributed by atoms with van der Waals surface area (Å²) in [6, 6.07) is 3.10. The molecule has 1 heterocycles. The van der Waals surface area contributed by atoms with Gasteiger partial charge in [-0.2, -0.15) is 0 Å². The number of carbonyl (C=O) groups is 1. The first-order valence-electron chi connectivity index (χ1n) is 2.84. The number of carbonyl (C=O) groups excluding carboxylic acids is 1. The Morgan fingerprint density at radius 2 is 2.18 bits per heavy atom. The van der Waals surface area contributed by atoms with Crippen LogP contribution in [-0.4, -0.2) is 11.0 Å². The van der Waals surface area contributed by atoms with Crippen molar-refractivity contribution in [2.45, 2.75) is 6.92 Å². The number of aryl methyl sites for hydroxylation is 1. The summed E-state index contributed by atoms with van der Waals surface area (Å²) < 4.78 is 0. The molecule has 4 N–H and O–H groups in total. The van der Waals surface area contributed by atoms with Crippen LogP contribution in [0.25, 0.3) is 0 Å². The van der Waals surface area contributed by atoms with Gasteiger partial charge in [0.2, 0.25) is 0 Å². The summed E-state index contributed by atoms with van der Waals surface area (Å²) in [6.45, 7) is 1.79. The van der Waals surface area contributed by atoms with Crippen LogP contribution in [0, 0.1) is 6.92 Å². The molecule has 0 bridgehead atoms. The highest BCUT2D eigenvalue weighted by Gasteiger charge is 1.90. The summed E-state index contributed by atoms with van der Waals surface area (Å²) in [6.07, 6.45) is 1.28. The molecule has 1 aromatic heterocycles. The van der Waals surface area contributed by atoms with E-state index >= 15 is 0 Å². The summed E-state index contributed by atoms with van der Waals surface area (Å²) in [5.41, 5.74) is 0.913. The van der Waals surface area contributed by atoms with E-state index in [1.54, 1.807) is 13.0 Å². The van der Waals surface area contributed by atoms with Crippen molar-refractivity contribution in [3.05, 3.63) is 29.6 Å². The third kappa shape index (κ3) is 2.35. The predicted octanol–water partition coefficient (Wildman–Crippen LogP) is 0.130. The Balaban J connectivity index is 0.000001000. The first-order chi connectivity index (χ1) is 4.70. The largest absolute Gasteiger partial charge is 0.545 e. The maximum absolute atomic E-state index is 10.2. The van der Waals surface area contributed by atoms with E-state index in [4.69, 9.17) is 0 Å². The monoisotopic (exact) mass is 154 g/mol. The number of quaternary nitrogens is 1. The van der Waals surface area contributed by atoms with E-state index in [9.17, 15) is 9.90 Å². The van der Waals surface area contributed by atoms with Crippen LogP contribution >= 0.6 is 0 Å². The standard InChI is InChI=1S/C7H7NO2.H3N/c1-5-2-3-6(4-8-5)7(9)10;/h2-4H,1H3,(H,9,10);1H3. The Bertz CT molecular complexity index is 243. The van der Waals surface area contributed by atoms with E-state index in [0.717, 1.165) is 5.69 Å². The molecule has 0 saturated carbocycles. The van der Waals surface area contributed by atoms with Gasteiger partial charge in [-0.3, -0.25) is 4.98 Å². The van der Waals surface area contributed by atoms with Crippen LogP contribution in [0.4, 0.5) is 0 Å². The van der Waals surface area contributed by atoms with Crippen LogP contribution in [0.1, 0.15) is 16.1 Å². The molecule has 11 heavy (non-hydrogen) atoms. The smallest absolute Gasteiger partial charge is 0.0730 e. The Morgan fingerprint density at radius 3 is 2.55 bits per heavy atom. The van der Waals surface area contributed by atoms with Crippen LogP contribution in [0.5, 0.6) is 0 Å². The van der Waals surface area contributed by atoms with Crippen molar-refractivity contribution in [2.75, 3.05) is 0 Å². The number of hydrogen-bond acceptors (Lipinski definition) is 3. The molecule has 0 saturated heterocycles. The summed E-state index contributed by atoms with van der Waals surface area (Å²) in [5, 5.41) is 10.2. The molecule has 1 aromatic rings. The number of hydrogen-bond donors (Lipinski definition) is 1. The van der Waals surface area contributed by atoms with Gasteiger partial charge in [-0.25, -0.2) is 0 Å².